The van der Waals surface area contributed by atoms with Gasteiger partial charge < -0.3 is 20.3 Å². The number of anilines is 2. The number of amides is 1. The van der Waals surface area contributed by atoms with E-state index in [0.717, 1.165) is 0 Å². The SMILES string of the molecule is CNc1nc(NC(=O)C(C)C)nc2c1ncn2[C@@H]1OC(CO)(CCl)[C@@H](O)[C@@H]1F. The number of alkyl halides is 2. The quantitative estimate of drug-likeness (QED) is 0.504. The summed E-state index contributed by atoms with van der Waals surface area (Å²) >= 11 is 5.81. The second-order valence-electron chi connectivity index (χ2n) is 6.87. The van der Waals surface area contributed by atoms with Gasteiger partial charge in [0.2, 0.25) is 11.9 Å². The van der Waals surface area contributed by atoms with Crippen LogP contribution >= 0.6 is 11.6 Å². The molecule has 28 heavy (non-hydrogen) atoms. The molecule has 0 bridgehead atoms. The summed E-state index contributed by atoms with van der Waals surface area (Å²) < 4.78 is 21.7. The van der Waals surface area contributed by atoms with Crippen LogP contribution in [-0.4, -0.2) is 73.1 Å². The smallest absolute Gasteiger partial charge is 0.233 e. The van der Waals surface area contributed by atoms with E-state index in [-0.39, 0.29) is 29.3 Å². The fraction of sp³-hybridized carbons (Fsp3) is 0.625. The summed E-state index contributed by atoms with van der Waals surface area (Å²) in [6.07, 6.45) is -3.55. The highest BCUT2D eigenvalue weighted by molar-refractivity contribution is 6.18. The highest BCUT2D eigenvalue weighted by Gasteiger charge is 2.55. The zero-order chi connectivity index (χ0) is 20.6. The van der Waals surface area contributed by atoms with Crippen molar-refractivity contribution in [1.29, 1.82) is 0 Å². The molecule has 3 rings (SSSR count). The van der Waals surface area contributed by atoms with Crippen LogP contribution in [0.4, 0.5) is 16.2 Å². The molecule has 1 amide bonds. The summed E-state index contributed by atoms with van der Waals surface area (Å²) in [5.74, 6) is -0.551. The first-order chi connectivity index (χ1) is 13.3. The Labute approximate surface area is 165 Å². The number of nitrogens with zero attached hydrogens (tertiary/aromatic N) is 4. The van der Waals surface area contributed by atoms with Gasteiger partial charge in [0.15, 0.2) is 29.4 Å². The molecule has 1 aliphatic rings. The Morgan fingerprint density at radius 2 is 2.21 bits per heavy atom. The van der Waals surface area contributed by atoms with Crippen LogP contribution < -0.4 is 10.6 Å². The molecule has 0 aromatic carbocycles. The lowest BCUT2D eigenvalue weighted by Gasteiger charge is -2.26. The first-order valence-electron chi connectivity index (χ1n) is 8.68. The highest BCUT2D eigenvalue weighted by atomic mass is 35.5. The molecule has 0 saturated carbocycles. The summed E-state index contributed by atoms with van der Waals surface area (Å²) in [6, 6.07) is 0. The van der Waals surface area contributed by atoms with Crippen LogP contribution in [0.3, 0.4) is 0 Å². The summed E-state index contributed by atoms with van der Waals surface area (Å²) in [6.45, 7) is 2.78. The molecule has 12 heteroatoms. The Kier molecular flexibility index (Phi) is 5.71. The van der Waals surface area contributed by atoms with Gasteiger partial charge in [-0.1, -0.05) is 13.8 Å². The number of ether oxygens (including phenoxy) is 1. The van der Waals surface area contributed by atoms with Crippen LogP contribution in [-0.2, 0) is 9.53 Å². The summed E-state index contributed by atoms with van der Waals surface area (Å²) in [5, 5.41) is 25.2. The maximum absolute atomic E-state index is 14.8. The minimum atomic E-state index is -1.88. The van der Waals surface area contributed by atoms with Gasteiger partial charge in [0.1, 0.15) is 11.7 Å². The van der Waals surface area contributed by atoms with Gasteiger partial charge in [-0.15, -0.1) is 11.6 Å². The van der Waals surface area contributed by atoms with E-state index in [1.807, 2.05) is 0 Å². The van der Waals surface area contributed by atoms with Crippen molar-refractivity contribution < 1.29 is 24.1 Å². The van der Waals surface area contributed by atoms with Crippen molar-refractivity contribution in [3.8, 4) is 0 Å². The maximum atomic E-state index is 14.8. The molecule has 1 saturated heterocycles. The number of carbonyl (C=O) groups is 1. The molecule has 0 spiro atoms. The maximum Gasteiger partial charge on any atom is 0.233 e. The Bertz CT molecular complexity index is 874. The molecule has 154 valence electrons. The van der Waals surface area contributed by atoms with Crippen molar-refractivity contribution >= 4 is 40.4 Å². The third-order valence-electron chi connectivity index (χ3n) is 4.65. The van der Waals surface area contributed by atoms with E-state index >= 15 is 0 Å². The average molecular weight is 417 g/mol. The van der Waals surface area contributed by atoms with E-state index < -0.39 is 30.7 Å². The van der Waals surface area contributed by atoms with Crippen molar-refractivity contribution in [2.75, 3.05) is 30.2 Å². The molecule has 10 nitrogen and oxygen atoms in total. The second-order valence-corrected chi connectivity index (χ2v) is 7.14. The zero-order valence-electron chi connectivity index (χ0n) is 15.6. The summed E-state index contributed by atoms with van der Waals surface area (Å²) in [7, 11) is 1.62. The number of rotatable bonds is 6. The fourth-order valence-corrected chi connectivity index (χ4v) is 3.21. The van der Waals surface area contributed by atoms with Crippen molar-refractivity contribution in [1.82, 2.24) is 19.5 Å². The predicted octanol–water partition coefficient (Wildman–Crippen LogP) is 0.660. The van der Waals surface area contributed by atoms with E-state index in [4.69, 9.17) is 16.3 Å². The lowest BCUT2D eigenvalue weighted by Crippen LogP contribution is -2.47. The number of aliphatic hydroxyl groups is 2. The number of hydrogen-bond acceptors (Lipinski definition) is 8. The van der Waals surface area contributed by atoms with Crippen LogP contribution in [0.2, 0.25) is 0 Å². The standard InChI is InChI=1S/C16H22ClFN6O4/c1-7(2)13(27)23-15-21-11(19-3)9-12(22-15)24(6-20-9)14-8(18)10(26)16(4-17,5-25)28-14/h6-8,10,14,25-26H,4-5H2,1-3H3,(H2,19,21,22,23,27)/t8-,10-,14+,16?/m0/s1. The predicted molar refractivity (Wildman–Crippen MR) is 99.9 cm³/mol. The first kappa shape index (κ1) is 20.6. The van der Waals surface area contributed by atoms with Crippen molar-refractivity contribution in [3.05, 3.63) is 6.33 Å². The molecule has 4 N–H and O–H groups in total. The largest absolute Gasteiger partial charge is 0.393 e. The molecular formula is C16H22ClFN6O4. The van der Waals surface area contributed by atoms with Crippen LogP contribution in [0.15, 0.2) is 6.33 Å². The minimum Gasteiger partial charge on any atom is -0.393 e. The lowest BCUT2D eigenvalue weighted by molar-refractivity contribution is -0.118. The number of fused-ring (bicyclic) bond motifs is 1. The second kappa shape index (κ2) is 7.74. The van der Waals surface area contributed by atoms with Gasteiger partial charge >= 0.3 is 0 Å². The minimum absolute atomic E-state index is 0.0111. The number of imidazole rings is 1. The van der Waals surface area contributed by atoms with Crippen LogP contribution in [0.5, 0.6) is 0 Å². The Balaban J connectivity index is 2.06. The number of nitrogens with one attached hydrogen (secondary N) is 2. The number of halogens is 2. The first-order valence-corrected chi connectivity index (χ1v) is 9.21. The molecule has 2 aromatic heterocycles. The van der Waals surface area contributed by atoms with E-state index in [1.54, 1.807) is 20.9 Å². The van der Waals surface area contributed by atoms with Crippen molar-refractivity contribution in [3.63, 3.8) is 0 Å². The number of hydrogen-bond donors (Lipinski definition) is 4. The van der Waals surface area contributed by atoms with E-state index in [2.05, 4.69) is 25.6 Å². The van der Waals surface area contributed by atoms with Gasteiger partial charge in [-0.3, -0.25) is 14.7 Å². The molecule has 0 radical (unpaired) electrons. The molecule has 4 atom stereocenters. The lowest BCUT2D eigenvalue weighted by atomic mass is 9.99. The van der Waals surface area contributed by atoms with E-state index in [1.165, 1.54) is 10.9 Å². The van der Waals surface area contributed by atoms with Crippen LogP contribution in [0, 0.1) is 5.92 Å². The number of carbonyl (C=O) groups excluding carboxylic acids is 1. The van der Waals surface area contributed by atoms with Crippen molar-refractivity contribution in [2.45, 2.75) is 38.0 Å². The highest BCUT2D eigenvalue weighted by Crippen LogP contribution is 2.41. The van der Waals surface area contributed by atoms with Crippen molar-refractivity contribution in [2.24, 2.45) is 5.92 Å². The van der Waals surface area contributed by atoms with Gasteiger partial charge in [-0.2, -0.15) is 9.97 Å². The number of aliphatic hydroxyl groups excluding tert-OH is 2. The molecular weight excluding hydrogens is 395 g/mol. The van der Waals surface area contributed by atoms with Gasteiger partial charge in [0, 0.05) is 13.0 Å². The molecule has 3 heterocycles. The van der Waals surface area contributed by atoms with E-state index in [0.29, 0.717) is 11.3 Å². The molecule has 2 aromatic rings. The third kappa shape index (κ3) is 3.28. The topological polar surface area (TPSA) is 134 Å². The van der Waals surface area contributed by atoms with Gasteiger partial charge in [-0.25, -0.2) is 9.37 Å². The Hall–Kier alpha value is -2.08. The molecule has 1 unspecified atom stereocenters. The summed E-state index contributed by atoms with van der Waals surface area (Å²) in [4.78, 5) is 24.6. The molecule has 0 aliphatic carbocycles. The normalized spacial score (nSPS) is 27.5. The Morgan fingerprint density at radius 1 is 1.50 bits per heavy atom. The van der Waals surface area contributed by atoms with Gasteiger partial charge in [0.05, 0.1) is 18.8 Å². The summed E-state index contributed by atoms with van der Waals surface area (Å²) in [5.41, 5.74) is -1.14. The number of aromatic nitrogens is 4. The average Bonchev–Trinajstić information content (AvgIpc) is 3.21. The van der Waals surface area contributed by atoms with Crippen LogP contribution in [0.25, 0.3) is 11.2 Å². The molecule has 1 aliphatic heterocycles. The molecule has 1 fully saturated rings. The van der Waals surface area contributed by atoms with E-state index in [9.17, 15) is 19.4 Å². The van der Waals surface area contributed by atoms with Gasteiger partial charge in [0.25, 0.3) is 0 Å². The van der Waals surface area contributed by atoms with Gasteiger partial charge in [-0.05, 0) is 0 Å². The third-order valence-corrected chi connectivity index (χ3v) is 5.11. The Morgan fingerprint density at radius 3 is 2.75 bits per heavy atom. The monoisotopic (exact) mass is 416 g/mol. The fourth-order valence-electron chi connectivity index (χ4n) is 2.90. The van der Waals surface area contributed by atoms with Crippen LogP contribution in [0.1, 0.15) is 20.1 Å². The zero-order valence-corrected chi connectivity index (χ0v) is 16.3.